The summed E-state index contributed by atoms with van der Waals surface area (Å²) >= 11 is 6.77. The molecule has 0 aromatic heterocycles. The zero-order valence-electron chi connectivity index (χ0n) is 15.1. The summed E-state index contributed by atoms with van der Waals surface area (Å²) in [5, 5.41) is 21.3. The van der Waals surface area contributed by atoms with Gasteiger partial charge in [0.15, 0.2) is 0 Å². The second kappa shape index (κ2) is 10.3. The Bertz CT molecular complexity index is 1110. The molecule has 0 aliphatic carbocycles. The maximum atomic E-state index is 10.9. The van der Waals surface area contributed by atoms with Gasteiger partial charge in [-0.3, -0.25) is 0 Å². The average molecular weight is 615 g/mol. The van der Waals surface area contributed by atoms with Crippen LogP contribution in [-0.4, -0.2) is 22.2 Å². The number of hydrogen-bond donors (Lipinski definition) is 2. The van der Waals surface area contributed by atoms with E-state index in [1.165, 1.54) is 0 Å². The van der Waals surface area contributed by atoms with Crippen molar-refractivity contribution in [2.24, 2.45) is 0 Å². The topological polar surface area (TPSA) is 74.6 Å². The number of hydrogen-bond acceptors (Lipinski definition) is 2. The number of rotatable bonds is 2. The second-order valence-electron chi connectivity index (χ2n) is 5.89. The van der Waals surface area contributed by atoms with Gasteiger partial charge in [-0.15, -0.1) is 0 Å². The molecular formula is C22H14Br2CdO4. The van der Waals surface area contributed by atoms with E-state index in [4.69, 9.17) is 10.2 Å². The van der Waals surface area contributed by atoms with E-state index in [9.17, 15) is 9.59 Å². The monoisotopic (exact) mass is 614 g/mol. The number of aromatic carboxylic acids is 2. The van der Waals surface area contributed by atoms with E-state index in [-0.39, 0.29) is 27.3 Å². The molecule has 0 aliphatic rings. The Kier molecular flexibility index (Phi) is 8.36. The number of carbonyl (C=O) groups is 2. The summed E-state index contributed by atoms with van der Waals surface area (Å²) in [6.45, 7) is 0. The molecule has 0 spiro atoms. The minimum absolute atomic E-state index is 0. The fraction of sp³-hybridized carbons (Fsp3) is 0. The van der Waals surface area contributed by atoms with Gasteiger partial charge in [0.05, 0.1) is 11.1 Å². The van der Waals surface area contributed by atoms with Crippen LogP contribution in [0.3, 0.4) is 0 Å². The van der Waals surface area contributed by atoms with Gasteiger partial charge in [0.25, 0.3) is 0 Å². The third-order valence-corrected chi connectivity index (χ3v) is 5.58. The molecule has 2 N–H and O–H groups in total. The molecule has 29 heavy (non-hydrogen) atoms. The SMILES string of the molecule is O=C(O)c1cccc2c(Br)cccc12.O=C(O)c1cccc2c(Br)cccc12.[Cd]. The zero-order valence-corrected chi connectivity index (χ0v) is 22.3. The molecule has 0 atom stereocenters. The Labute approximate surface area is 204 Å². The van der Waals surface area contributed by atoms with E-state index in [1.807, 2.05) is 48.5 Å². The van der Waals surface area contributed by atoms with Crippen molar-refractivity contribution in [3.8, 4) is 0 Å². The van der Waals surface area contributed by atoms with Gasteiger partial charge in [-0.05, 0) is 45.8 Å². The normalized spacial score (nSPS) is 10.0. The summed E-state index contributed by atoms with van der Waals surface area (Å²) in [6, 6.07) is 21.6. The maximum Gasteiger partial charge on any atom is 0.336 e. The minimum Gasteiger partial charge on any atom is -0.478 e. The van der Waals surface area contributed by atoms with Gasteiger partial charge in [-0.2, -0.15) is 0 Å². The smallest absolute Gasteiger partial charge is 0.336 e. The van der Waals surface area contributed by atoms with Crippen LogP contribution in [0.4, 0.5) is 0 Å². The largest absolute Gasteiger partial charge is 0.478 e. The Hall–Kier alpha value is -1.78. The van der Waals surface area contributed by atoms with Crippen LogP contribution in [0.5, 0.6) is 0 Å². The van der Waals surface area contributed by atoms with Crippen LogP contribution in [0.15, 0.2) is 81.7 Å². The van der Waals surface area contributed by atoms with Crippen molar-refractivity contribution in [2.75, 3.05) is 0 Å². The molecule has 4 nitrogen and oxygen atoms in total. The van der Waals surface area contributed by atoms with Crippen molar-refractivity contribution in [3.63, 3.8) is 0 Å². The van der Waals surface area contributed by atoms with Gasteiger partial charge in [0.2, 0.25) is 0 Å². The fourth-order valence-electron chi connectivity index (χ4n) is 2.92. The average Bonchev–Trinajstić information content (AvgIpc) is 2.68. The summed E-state index contributed by atoms with van der Waals surface area (Å²) in [4.78, 5) is 21.8. The molecule has 0 bridgehead atoms. The van der Waals surface area contributed by atoms with E-state index in [0.717, 1.165) is 30.5 Å². The molecule has 7 heteroatoms. The molecule has 4 aromatic carbocycles. The van der Waals surface area contributed by atoms with E-state index < -0.39 is 11.9 Å². The number of fused-ring (bicyclic) bond motifs is 2. The molecular weight excluding hydrogens is 600 g/mol. The van der Waals surface area contributed by atoms with Crippen molar-refractivity contribution in [1.82, 2.24) is 0 Å². The maximum absolute atomic E-state index is 10.9. The molecule has 0 radical (unpaired) electrons. The quantitative estimate of drug-likeness (QED) is 0.250. The van der Waals surface area contributed by atoms with Gasteiger partial charge < -0.3 is 10.2 Å². The summed E-state index contributed by atoms with van der Waals surface area (Å²) in [6.07, 6.45) is 0. The molecule has 0 amide bonds. The summed E-state index contributed by atoms with van der Waals surface area (Å²) < 4.78 is 1.83. The van der Waals surface area contributed by atoms with Crippen molar-refractivity contribution in [1.29, 1.82) is 0 Å². The van der Waals surface area contributed by atoms with Crippen LogP contribution in [0.25, 0.3) is 21.5 Å². The fourth-order valence-corrected chi connectivity index (χ4v) is 3.91. The van der Waals surface area contributed by atoms with Crippen molar-refractivity contribution >= 4 is 65.3 Å². The molecule has 0 unspecified atom stereocenters. The van der Waals surface area contributed by atoms with Crippen molar-refractivity contribution in [2.45, 2.75) is 0 Å². The van der Waals surface area contributed by atoms with Crippen LogP contribution in [0, 0.1) is 0 Å². The standard InChI is InChI=1S/2C11H7BrO2.Cd/c2*12-10-6-2-3-7-8(10)4-1-5-9(7)11(13)14;/h2*1-6H,(H,13,14);. The molecule has 4 aromatic rings. The first kappa shape index (κ1) is 23.5. The van der Waals surface area contributed by atoms with Gasteiger partial charge in [0, 0.05) is 36.2 Å². The molecule has 0 heterocycles. The van der Waals surface area contributed by atoms with Crippen LogP contribution in [0.2, 0.25) is 0 Å². The number of halogens is 2. The Morgan fingerprint density at radius 3 is 1.21 bits per heavy atom. The first-order valence-electron chi connectivity index (χ1n) is 8.21. The molecule has 0 saturated heterocycles. The van der Waals surface area contributed by atoms with Crippen LogP contribution in [-0.2, 0) is 27.3 Å². The number of benzene rings is 4. The van der Waals surface area contributed by atoms with Crippen LogP contribution in [0.1, 0.15) is 20.7 Å². The Balaban J connectivity index is 0.000000200. The first-order valence-corrected chi connectivity index (χ1v) is 9.80. The Morgan fingerprint density at radius 1 is 0.552 bits per heavy atom. The molecule has 4 rings (SSSR count). The molecule has 0 saturated carbocycles. The van der Waals surface area contributed by atoms with Gasteiger partial charge in [-0.1, -0.05) is 80.4 Å². The zero-order chi connectivity index (χ0) is 20.3. The summed E-state index contributed by atoms with van der Waals surface area (Å²) in [7, 11) is 0. The predicted octanol–water partition coefficient (Wildman–Crippen LogP) is 6.60. The third kappa shape index (κ3) is 5.23. The van der Waals surface area contributed by atoms with E-state index in [1.54, 1.807) is 24.3 Å². The first-order chi connectivity index (χ1) is 13.4. The minimum atomic E-state index is -0.895. The molecule has 142 valence electrons. The van der Waals surface area contributed by atoms with Gasteiger partial charge in [-0.25, -0.2) is 9.59 Å². The van der Waals surface area contributed by atoms with Crippen molar-refractivity contribution in [3.05, 3.63) is 92.9 Å². The van der Waals surface area contributed by atoms with Crippen LogP contribution < -0.4 is 0 Å². The summed E-state index contributed by atoms with van der Waals surface area (Å²) in [5.74, 6) is -1.79. The van der Waals surface area contributed by atoms with Gasteiger partial charge in [0.1, 0.15) is 0 Å². The summed E-state index contributed by atoms with van der Waals surface area (Å²) in [5.41, 5.74) is 0.674. The van der Waals surface area contributed by atoms with Gasteiger partial charge >= 0.3 is 11.9 Å². The number of carboxylic acids is 2. The Morgan fingerprint density at radius 2 is 0.862 bits per heavy atom. The van der Waals surface area contributed by atoms with Crippen LogP contribution >= 0.6 is 31.9 Å². The third-order valence-electron chi connectivity index (χ3n) is 4.20. The van der Waals surface area contributed by atoms with E-state index in [0.29, 0.717) is 11.1 Å². The van der Waals surface area contributed by atoms with Crippen molar-refractivity contribution < 1.29 is 47.1 Å². The van der Waals surface area contributed by atoms with E-state index in [2.05, 4.69) is 31.9 Å². The predicted molar refractivity (Wildman–Crippen MR) is 117 cm³/mol. The molecule has 0 fully saturated rings. The second-order valence-corrected chi connectivity index (χ2v) is 7.60. The van der Waals surface area contributed by atoms with E-state index >= 15 is 0 Å². The number of carboxylic acid groups (broad SMARTS) is 2. The molecule has 0 aliphatic heterocycles.